The van der Waals surface area contributed by atoms with Crippen LogP contribution in [0.4, 0.5) is 14.9 Å². The number of urea groups is 1. The van der Waals surface area contributed by atoms with E-state index in [1.54, 1.807) is 0 Å². The summed E-state index contributed by atoms with van der Waals surface area (Å²) in [7, 11) is -8.29. The molecular formula is C20H23FN4O6S2. The lowest BCUT2D eigenvalue weighted by molar-refractivity contribution is 0.0950. The van der Waals surface area contributed by atoms with Crippen LogP contribution in [0.3, 0.4) is 0 Å². The number of hydrogen-bond donors (Lipinski definition) is 2. The van der Waals surface area contributed by atoms with Crippen LogP contribution >= 0.6 is 0 Å². The molecule has 0 aromatic heterocycles. The van der Waals surface area contributed by atoms with Crippen molar-refractivity contribution in [1.82, 2.24) is 15.5 Å². The third-order valence-corrected chi connectivity index (χ3v) is 8.10. The highest BCUT2D eigenvalue weighted by molar-refractivity contribution is 8.09. The van der Waals surface area contributed by atoms with E-state index < -0.39 is 37.8 Å². The zero-order valence-electron chi connectivity index (χ0n) is 17.9. The second kappa shape index (κ2) is 9.45. The summed E-state index contributed by atoms with van der Waals surface area (Å²) >= 11 is 0. The van der Waals surface area contributed by atoms with E-state index in [9.17, 15) is 30.8 Å². The van der Waals surface area contributed by atoms with Crippen LogP contribution in [0.15, 0.2) is 42.5 Å². The number of piperazine rings is 1. The lowest BCUT2D eigenvalue weighted by atomic mass is 9.98. The number of carbonyl (C=O) groups excluding carboxylic acids is 2. The first-order chi connectivity index (χ1) is 15.4. The first-order valence-corrected chi connectivity index (χ1v) is 13.5. The van der Waals surface area contributed by atoms with E-state index >= 15 is 0 Å². The van der Waals surface area contributed by atoms with Crippen LogP contribution in [0.2, 0.25) is 0 Å². The molecule has 3 amide bonds. The van der Waals surface area contributed by atoms with Crippen molar-refractivity contribution in [2.45, 2.75) is 0 Å². The molecule has 1 aliphatic rings. The Morgan fingerprint density at radius 3 is 2.09 bits per heavy atom. The quantitative estimate of drug-likeness (QED) is 0.628. The fourth-order valence-corrected chi connectivity index (χ4v) is 6.47. The lowest BCUT2D eigenvalue weighted by Crippen LogP contribution is -2.51. The van der Waals surface area contributed by atoms with Gasteiger partial charge in [-0.2, -0.15) is 3.71 Å². The topological polar surface area (TPSA) is 133 Å². The summed E-state index contributed by atoms with van der Waals surface area (Å²) in [5.41, 5.74) is -0.187. The van der Waals surface area contributed by atoms with Crippen LogP contribution in [0.5, 0.6) is 0 Å². The van der Waals surface area contributed by atoms with E-state index in [1.165, 1.54) is 41.3 Å². The van der Waals surface area contributed by atoms with Gasteiger partial charge in [-0.05, 0) is 29.8 Å². The molecule has 2 N–H and O–H groups in total. The molecule has 3 rings (SSSR count). The van der Waals surface area contributed by atoms with Gasteiger partial charge in [0.05, 0.1) is 23.8 Å². The first-order valence-electron chi connectivity index (χ1n) is 9.80. The molecule has 0 aliphatic carbocycles. The molecule has 2 aromatic carbocycles. The SMILES string of the molecule is CS(=O)(=O)N(c1ccc(-c2c(F)cccc2C(=O)NC(=O)N2CCNCC2)cc1)S(C)(=O)=O. The Hall–Kier alpha value is -3.03. The molecule has 0 saturated carbocycles. The largest absolute Gasteiger partial charge is 0.324 e. The highest BCUT2D eigenvalue weighted by Crippen LogP contribution is 2.30. The van der Waals surface area contributed by atoms with Gasteiger partial charge in [0.15, 0.2) is 0 Å². The van der Waals surface area contributed by atoms with Gasteiger partial charge in [-0.1, -0.05) is 18.2 Å². The molecule has 10 nitrogen and oxygen atoms in total. The van der Waals surface area contributed by atoms with Gasteiger partial charge in [0.25, 0.3) is 5.91 Å². The van der Waals surface area contributed by atoms with Crippen LogP contribution in [-0.2, 0) is 20.0 Å². The van der Waals surface area contributed by atoms with Gasteiger partial charge in [-0.15, -0.1) is 0 Å². The van der Waals surface area contributed by atoms with E-state index in [2.05, 4.69) is 10.6 Å². The van der Waals surface area contributed by atoms with Crippen molar-refractivity contribution < 1.29 is 30.8 Å². The minimum absolute atomic E-state index is 0.102. The lowest BCUT2D eigenvalue weighted by Gasteiger charge is -2.27. The zero-order chi connectivity index (χ0) is 24.4. The number of carbonyl (C=O) groups is 2. The number of imide groups is 1. The minimum Gasteiger partial charge on any atom is -0.322 e. The van der Waals surface area contributed by atoms with Gasteiger partial charge >= 0.3 is 6.03 Å². The van der Waals surface area contributed by atoms with Crippen molar-refractivity contribution in [3.63, 3.8) is 0 Å². The van der Waals surface area contributed by atoms with E-state index in [0.29, 0.717) is 26.2 Å². The summed E-state index contributed by atoms with van der Waals surface area (Å²) in [6.07, 6.45) is 1.49. The van der Waals surface area contributed by atoms with Gasteiger partial charge in [0.2, 0.25) is 20.0 Å². The zero-order valence-corrected chi connectivity index (χ0v) is 19.5. The number of nitrogens with zero attached hydrogens (tertiary/aromatic N) is 2. The predicted octanol–water partition coefficient (Wildman–Crippen LogP) is 0.973. The van der Waals surface area contributed by atoms with Crippen molar-refractivity contribution in [3.8, 4) is 11.1 Å². The summed E-state index contributed by atoms with van der Waals surface area (Å²) < 4.78 is 62.8. The van der Waals surface area contributed by atoms with Crippen molar-refractivity contribution >= 4 is 37.7 Å². The number of rotatable bonds is 5. The minimum atomic E-state index is -4.15. The molecule has 0 radical (unpaired) electrons. The smallest absolute Gasteiger partial charge is 0.322 e. The number of hydrogen-bond acceptors (Lipinski definition) is 7. The Morgan fingerprint density at radius 2 is 1.55 bits per heavy atom. The number of amides is 3. The molecule has 2 aromatic rings. The van der Waals surface area contributed by atoms with E-state index in [0.717, 1.165) is 18.6 Å². The van der Waals surface area contributed by atoms with Crippen molar-refractivity contribution in [2.75, 3.05) is 42.4 Å². The molecular weight excluding hydrogens is 475 g/mol. The third kappa shape index (κ3) is 5.67. The van der Waals surface area contributed by atoms with Gasteiger partial charge in [0, 0.05) is 31.7 Å². The second-order valence-electron chi connectivity index (χ2n) is 7.43. The maximum atomic E-state index is 14.7. The molecule has 33 heavy (non-hydrogen) atoms. The summed E-state index contributed by atoms with van der Waals surface area (Å²) in [5.74, 6) is -1.54. The Kier molecular flexibility index (Phi) is 7.05. The Labute approximate surface area is 191 Å². The molecule has 0 atom stereocenters. The van der Waals surface area contributed by atoms with Crippen LogP contribution in [0.1, 0.15) is 10.4 Å². The number of nitrogens with one attached hydrogen (secondary N) is 2. The van der Waals surface area contributed by atoms with Gasteiger partial charge in [-0.25, -0.2) is 26.0 Å². The highest BCUT2D eigenvalue weighted by atomic mass is 32.3. The number of sulfonamides is 2. The number of anilines is 1. The maximum Gasteiger partial charge on any atom is 0.324 e. The van der Waals surface area contributed by atoms with E-state index in [-0.39, 0.29) is 26.1 Å². The van der Waals surface area contributed by atoms with Crippen molar-refractivity contribution in [1.29, 1.82) is 0 Å². The van der Waals surface area contributed by atoms with E-state index in [4.69, 9.17) is 0 Å². The molecule has 1 aliphatic heterocycles. The Morgan fingerprint density at radius 1 is 0.970 bits per heavy atom. The van der Waals surface area contributed by atoms with Crippen LogP contribution in [0, 0.1) is 5.82 Å². The van der Waals surface area contributed by atoms with Gasteiger partial charge < -0.3 is 10.2 Å². The second-order valence-corrected chi connectivity index (χ2v) is 11.3. The van der Waals surface area contributed by atoms with Crippen LogP contribution in [0.25, 0.3) is 11.1 Å². The van der Waals surface area contributed by atoms with Crippen LogP contribution in [-0.4, -0.2) is 72.4 Å². The van der Waals surface area contributed by atoms with Crippen molar-refractivity contribution in [3.05, 3.63) is 53.8 Å². The van der Waals surface area contributed by atoms with Gasteiger partial charge in [-0.3, -0.25) is 10.1 Å². The Bertz CT molecular complexity index is 1240. The molecule has 0 unspecified atom stereocenters. The molecule has 0 spiro atoms. The number of benzene rings is 2. The third-order valence-electron chi connectivity index (χ3n) is 4.85. The normalized spacial score (nSPS) is 14.6. The first kappa shape index (κ1) is 24.6. The van der Waals surface area contributed by atoms with E-state index in [1.807, 2.05) is 0 Å². The molecule has 13 heteroatoms. The fraction of sp³-hybridized carbons (Fsp3) is 0.300. The monoisotopic (exact) mass is 498 g/mol. The van der Waals surface area contributed by atoms with Crippen molar-refractivity contribution in [2.24, 2.45) is 0 Å². The van der Waals surface area contributed by atoms with Gasteiger partial charge in [0.1, 0.15) is 5.82 Å². The number of halogens is 1. The summed E-state index contributed by atoms with van der Waals surface area (Å²) in [6.45, 7) is 2.04. The molecule has 178 valence electrons. The molecule has 1 heterocycles. The van der Waals surface area contributed by atoms with Crippen LogP contribution < -0.4 is 14.3 Å². The summed E-state index contributed by atoms with van der Waals surface area (Å²) in [4.78, 5) is 26.6. The average Bonchev–Trinajstić information content (AvgIpc) is 2.73. The maximum absolute atomic E-state index is 14.7. The Balaban J connectivity index is 1.94. The molecule has 0 bridgehead atoms. The average molecular weight is 499 g/mol. The summed E-state index contributed by atoms with van der Waals surface area (Å²) in [6, 6.07) is 8.20. The molecule has 1 fully saturated rings. The standard InChI is InChI=1S/C20H23FN4O6S2/c1-32(28,29)25(33(2,30)31)15-8-6-14(7-9-15)18-16(4-3-5-17(18)21)19(26)23-20(27)24-12-10-22-11-13-24/h3-9,22H,10-13H2,1-2H3,(H,23,26,27). The molecule has 1 saturated heterocycles. The summed E-state index contributed by atoms with van der Waals surface area (Å²) in [5, 5.41) is 5.35. The fourth-order valence-electron chi connectivity index (χ4n) is 3.50. The highest BCUT2D eigenvalue weighted by Gasteiger charge is 2.28. The predicted molar refractivity (Wildman–Crippen MR) is 121 cm³/mol.